The third-order valence-electron chi connectivity index (χ3n) is 3.89. The molecule has 1 aliphatic rings. The molecule has 1 heterocycles. The Hall–Kier alpha value is -1.88. The van der Waals surface area contributed by atoms with Crippen molar-refractivity contribution in [1.29, 1.82) is 0 Å². The second-order valence-corrected chi connectivity index (χ2v) is 5.46. The van der Waals surface area contributed by atoms with Gasteiger partial charge in [-0.3, -0.25) is 14.5 Å². The van der Waals surface area contributed by atoms with Crippen LogP contribution in [0.1, 0.15) is 25.3 Å². The molecule has 1 saturated heterocycles. The number of carbonyl (C=O) groups is 2. The summed E-state index contributed by atoms with van der Waals surface area (Å²) in [5, 5.41) is 5.35. The fourth-order valence-electron chi connectivity index (χ4n) is 2.74. The zero-order chi connectivity index (χ0) is 15.2. The summed E-state index contributed by atoms with van der Waals surface area (Å²) in [7, 11) is 0. The zero-order valence-corrected chi connectivity index (χ0v) is 12.7. The summed E-state index contributed by atoms with van der Waals surface area (Å²) in [5.41, 5.74) is 1.68. The Kier molecular flexibility index (Phi) is 5.33. The lowest BCUT2D eigenvalue weighted by atomic mass is 10.2. The van der Waals surface area contributed by atoms with Crippen molar-refractivity contribution >= 4 is 17.5 Å². The van der Waals surface area contributed by atoms with E-state index in [1.54, 1.807) is 6.07 Å². The molecule has 0 bridgehead atoms. The number of nitrogens with one attached hydrogen (secondary N) is 2. The molecule has 1 fully saturated rings. The van der Waals surface area contributed by atoms with Crippen molar-refractivity contribution in [3.8, 4) is 0 Å². The number of anilines is 1. The highest BCUT2D eigenvalue weighted by atomic mass is 16.2. The molecule has 114 valence electrons. The van der Waals surface area contributed by atoms with Crippen molar-refractivity contribution in [3.05, 3.63) is 29.8 Å². The Morgan fingerprint density at radius 3 is 2.86 bits per heavy atom. The number of likely N-dealkylation sites (tertiary alicyclic amines) is 1. The van der Waals surface area contributed by atoms with Gasteiger partial charge in [0.2, 0.25) is 0 Å². The predicted octanol–water partition coefficient (Wildman–Crippen LogP) is 1.53. The minimum Gasteiger partial charge on any atom is -0.346 e. The van der Waals surface area contributed by atoms with Crippen LogP contribution < -0.4 is 10.6 Å². The molecule has 0 unspecified atom stereocenters. The molecule has 0 spiro atoms. The fraction of sp³-hybridized carbons (Fsp3) is 0.500. The average molecular weight is 289 g/mol. The number of nitrogens with zero attached hydrogens (tertiary/aromatic N) is 1. The van der Waals surface area contributed by atoms with Gasteiger partial charge in [0.15, 0.2) is 0 Å². The van der Waals surface area contributed by atoms with E-state index in [1.807, 2.05) is 25.1 Å². The number of amides is 2. The van der Waals surface area contributed by atoms with E-state index in [0.717, 1.165) is 31.5 Å². The maximum absolute atomic E-state index is 11.8. The van der Waals surface area contributed by atoms with Gasteiger partial charge in [-0.25, -0.2) is 0 Å². The average Bonchev–Trinajstić information content (AvgIpc) is 2.92. The van der Waals surface area contributed by atoms with Crippen molar-refractivity contribution in [2.75, 3.05) is 25.0 Å². The molecule has 0 saturated carbocycles. The van der Waals surface area contributed by atoms with Gasteiger partial charge in [0.05, 0.1) is 0 Å². The van der Waals surface area contributed by atoms with Crippen molar-refractivity contribution in [2.45, 2.75) is 32.7 Å². The van der Waals surface area contributed by atoms with Gasteiger partial charge in [0.1, 0.15) is 0 Å². The minimum absolute atomic E-state index is 0.353. The summed E-state index contributed by atoms with van der Waals surface area (Å²) in [4.78, 5) is 26.0. The van der Waals surface area contributed by atoms with Crippen LogP contribution in [0.2, 0.25) is 0 Å². The lowest BCUT2D eigenvalue weighted by Crippen LogP contribution is -2.43. The van der Waals surface area contributed by atoms with Crippen LogP contribution in [0.4, 0.5) is 5.69 Å². The number of benzene rings is 1. The summed E-state index contributed by atoms with van der Waals surface area (Å²) in [5.74, 6) is -1.18. The fourth-order valence-corrected chi connectivity index (χ4v) is 2.74. The number of carbonyl (C=O) groups excluding carboxylic acids is 2. The van der Waals surface area contributed by atoms with Crippen LogP contribution in [-0.4, -0.2) is 42.4 Å². The smallest absolute Gasteiger partial charge is 0.313 e. The molecule has 0 aromatic heterocycles. The zero-order valence-electron chi connectivity index (χ0n) is 12.7. The molecule has 1 aromatic carbocycles. The van der Waals surface area contributed by atoms with E-state index in [2.05, 4.69) is 22.5 Å². The lowest BCUT2D eigenvalue weighted by Gasteiger charge is -2.22. The van der Waals surface area contributed by atoms with Gasteiger partial charge in [-0.05, 0) is 50.6 Å². The van der Waals surface area contributed by atoms with E-state index in [9.17, 15) is 9.59 Å². The molecule has 0 aliphatic carbocycles. The van der Waals surface area contributed by atoms with Crippen LogP contribution in [-0.2, 0) is 9.59 Å². The van der Waals surface area contributed by atoms with Crippen LogP contribution in [0.3, 0.4) is 0 Å². The van der Waals surface area contributed by atoms with Gasteiger partial charge >= 0.3 is 11.8 Å². The highest BCUT2D eigenvalue weighted by Gasteiger charge is 2.24. The number of hydrogen-bond acceptors (Lipinski definition) is 3. The molecule has 1 aliphatic heterocycles. The standard InChI is InChI=1S/C16H23N3O2/c1-3-19-9-5-8-14(19)11-17-15(20)16(21)18-13-7-4-6-12(2)10-13/h4,6-7,10,14H,3,5,8-9,11H2,1-2H3,(H,17,20)(H,18,21)/t14-/m1/s1. The van der Waals surface area contributed by atoms with E-state index < -0.39 is 11.8 Å². The third kappa shape index (κ3) is 4.29. The van der Waals surface area contributed by atoms with Crippen molar-refractivity contribution in [2.24, 2.45) is 0 Å². The van der Waals surface area contributed by atoms with E-state index in [-0.39, 0.29) is 0 Å². The van der Waals surface area contributed by atoms with Gasteiger partial charge in [-0.15, -0.1) is 0 Å². The first-order valence-electron chi connectivity index (χ1n) is 7.50. The van der Waals surface area contributed by atoms with Gasteiger partial charge in [-0.2, -0.15) is 0 Å². The normalized spacial score (nSPS) is 18.5. The summed E-state index contributed by atoms with van der Waals surface area (Å²) < 4.78 is 0. The molecule has 1 aromatic rings. The van der Waals surface area contributed by atoms with Crippen LogP contribution in [0.15, 0.2) is 24.3 Å². The summed E-state index contributed by atoms with van der Waals surface area (Å²) in [6.45, 7) is 6.65. The van der Waals surface area contributed by atoms with E-state index >= 15 is 0 Å². The topological polar surface area (TPSA) is 61.4 Å². The van der Waals surface area contributed by atoms with Crippen LogP contribution in [0.25, 0.3) is 0 Å². The molecular formula is C16H23N3O2. The molecule has 2 rings (SSSR count). The highest BCUT2D eigenvalue weighted by Crippen LogP contribution is 2.15. The van der Waals surface area contributed by atoms with Crippen LogP contribution in [0.5, 0.6) is 0 Å². The van der Waals surface area contributed by atoms with Crippen molar-refractivity contribution < 1.29 is 9.59 Å². The van der Waals surface area contributed by atoms with E-state index in [0.29, 0.717) is 18.3 Å². The first kappa shape index (κ1) is 15.5. The molecular weight excluding hydrogens is 266 g/mol. The summed E-state index contributed by atoms with van der Waals surface area (Å²) in [6, 6.07) is 7.75. The Labute approximate surface area is 125 Å². The van der Waals surface area contributed by atoms with E-state index in [1.165, 1.54) is 0 Å². The second-order valence-electron chi connectivity index (χ2n) is 5.46. The van der Waals surface area contributed by atoms with Gasteiger partial charge < -0.3 is 10.6 Å². The number of aryl methyl sites for hydroxylation is 1. The van der Waals surface area contributed by atoms with Gasteiger partial charge in [0, 0.05) is 18.3 Å². The Balaban J connectivity index is 1.81. The maximum atomic E-state index is 11.8. The molecule has 21 heavy (non-hydrogen) atoms. The molecule has 1 atom stereocenters. The summed E-state index contributed by atoms with van der Waals surface area (Å²) in [6.07, 6.45) is 2.23. The number of hydrogen-bond donors (Lipinski definition) is 2. The van der Waals surface area contributed by atoms with Crippen molar-refractivity contribution in [3.63, 3.8) is 0 Å². The second kappa shape index (κ2) is 7.22. The van der Waals surface area contributed by atoms with Crippen LogP contribution >= 0.6 is 0 Å². The third-order valence-corrected chi connectivity index (χ3v) is 3.89. The Bertz CT molecular complexity index is 516. The number of rotatable bonds is 4. The minimum atomic E-state index is -0.610. The molecule has 5 heteroatoms. The first-order valence-corrected chi connectivity index (χ1v) is 7.50. The maximum Gasteiger partial charge on any atom is 0.313 e. The SMILES string of the molecule is CCN1CCC[C@@H]1CNC(=O)C(=O)Nc1cccc(C)c1. The summed E-state index contributed by atoms with van der Waals surface area (Å²) >= 11 is 0. The van der Waals surface area contributed by atoms with Gasteiger partial charge in [-0.1, -0.05) is 19.1 Å². The largest absolute Gasteiger partial charge is 0.346 e. The van der Waals surface area contributed by atoms with E-state index in [4.69, 9.17) is 0 Å². The number of likely N-dealkylation sites (N-methyl/N-ethyl adjacent to an activating group) is 1. The van der Waals surface area contributed by atoms with Gasteiger partial charge in [0.25, 0.3) is 0 Å². The quantitative estimate of drug-likeness (QED) is 0.826. The molecule has 2 N–H and O–H groups in total. The molecule has 5 nitrogen and oxygen atoms in total. The predicted molar refractivity (Wildman–Crippen MR) is 83.1 cm³/mol. The molecule has 2 amide bonds. The van der Waals surface area contributed by atoms with Crippen molar-refractivity contribution in [1.82, 2.24) is 10.2 Å². The van der Waals surface area contributed by atoms with Crippen LogP contribution in [0, 0.1) is 6.92 Å². The lowest BCUT2D eigenvalue weighted by molar-refractivity contribution is -0.136. The Morgan fingerprint density at radius 2 is 2.14 bits per heavy atom. The monoisotopic (exact) mass is 289 g/mol. The highest BCUT2D eigenvalue weighted by molar-refractivity contribution is 6.39. The Morgan fingerprint density at radius 1 is 1.33 bits per heavy atom. The molecule has 0 radical (unpaired) electrons. The first-order chi connectivity index (χ1) is 10.1.